The van der Waals surface area contributed by atoms with E-state index in [-0.39, 0.29) is 18.5 Å². The minimum atomic E-state index is -3.11. The first-order chi connectivity index (χ1) is 5.20. The zero-order valence-corrected chi connectivity index (χ0v) is 9.75. The van der Waals surface area contributed by atoms with E-state index in [1.807, 2.05) is 0 Å². The summed E-state index contributed by atoms with van der Waals surface area (Å²) in [5, 5.41) is 0. The molecule has 2 amide bonds. The van der Waals surface area contributed by atoms with Crippen molar-refractivity contribution < 1.29 is 31.4 Å². The third-order valence-corrected chi connectivity index (χ3v) is 0. The maximum absolute atomic E-state index is 9.00. The molecule has 0 aliphatic rings. The van der Waals surface area contributed by atoms with E-state index in [0.29, 0.717) is 0 Å². The van der Waals surface area contributed by atoms with E-state index in [1.54, 1.807) is 0 Å². The van der Waals surface area contributed by atoms with Gasteiger partial charge in [0.25, 0.3) is 11.4 Å². The Bertz CT molecular complexity index is 123. The number of rotatable bonds is 0. The summed E-state index contributed by atoms with van der Waals surface area (Å²) in [5.41, 5.74) is 8.50. The highest BCUT2D eigenvalue weighted by Gasteiger charge is 1.62. The van der Waals surface area contributed by atoms with Crippen LogP contribution in [0.2, 0.25) is 0 Å². The number of carbonyl (C=O) groups excluding carboxylic acids is 1. The van der Waals surface area contributed by atoms with Gasteiger partial charge < -0.3 is 39.0 Å². The normalized spacial score (nSPS) is 6.27. The molecular weight excluding hydrogens is 258 g/mol. The van der Waals surface area contributed by atoms with Gasteiger partial charge >= 0.3 is 6.03 Å². The molecule has 0 bridgehead atoms. The van der Waals surface area contributed by atoms with Crippen molar-refractivity contribution in [3.05, 3.63) is 0 Å². The molecule has 0 aromatic rings. The van der Waals surface area contributed by atoms with Crippen LogP contribution in [-0.4, -0.2) is 32.7 Å². The first kappa shape index (κ1) is 36.7. The van der Waals surface area contributed by atoms with E-state index in [0.717, 1.165) is 0 Å². The van der Waals surface area contributed by atoms with Gasteiger partial charge in [0.1, 0.15) is 0 Å². The molecule has 0 aromatic carbocycles. The van der Waals surface area contributed by atoms with Crippen molar-refractivity contribution in [2.24, 2.45) is 11.5 Å². The van der Waals surface area contributed by atoms with Gasteiger partial charge in [-0.1, -0.05) is 0 Å². The van der Waals surface area contributed by atoms with Crippen molar-refractivity contribution in [3.8, 4) is 0 Å². The number of amides is 2. The average Bonchev–Trinajstić information content (AvgIpc) is 1.54. The van der Waals surface area contributed by atoms with E-state index in [4.69, 9.17) is 31.4 Å². The predicted octanol–water partition coefficient (Wildman–Crippen LogP) is -1.38. The molecule has 0 aliphatic carbocycles. The second-order valence-corrected chi connectivity index (χ2v) is 1.71. The molecule has 0 spiro atoms. The fraction of sp³-hybridized carbons (Fsp3) is 0. The van der Waals surface area contributed by atoms with Crippen molar-refractivity contribution >= 4 is 28.8 Å². The Balaban J connectivity index is -0.0000000184. The van der Waals surface area contributed by atoms with Crippen LogP contribution in [-0.2, 0) is 22.7 Å². The number of quaternary nitrogens is 2. The molecule has 0 saturated heterocycles. The van der Waals surface area contributed by atoms with E-state index in [9.17, 15) is 0 Å². The Morgan fingerprint density at radius 3 is 1.07 bits per heavy atom. The maximum atomic E-state index is 9.00. The predicted molar refractivity (Wildman–Crippen MR) is 53.9 cm³/mol. The molecule has 14 heteroatoms. The zero-order chi connectivity index (χ0) is 10.7. The highest BCUT2D eigenvalue weighted by molar-refractivity contribution is 7.73. The molecule has 0 aromatic heterocycles. The lowest BCUT2D eigenvalue weighted by atomic mass is 11.2. The van der Waals surface area contributed by atoms with Crippen LogP contribution in [0.15, 0.2) is 0 Å². The van der Waals surface area contributed by atoms with Gasteiger partial charge in [-0.15, -0.1) is 11.4 Å². The van der Waals surface area contributed by atoms with Gasteiger partial charge in [0.2, 0.25) is 0 Å². The van der Waals surface area contributed by atoms with Crippen molar-refractivity contribution in [2.75, 3.05) is 0 Å². The van der Waals surface area contributed by atoms with E-state index < -0.39 is 28.8 Å². The van der Waals surface area contributed by atoms with Crippen LogP contribution >= 0.6 is 0 Å². The van der Waals surface area contributed by atoms with Crippen LogP contribution < -0.4 is 29.9 Å². The minimum absolute atomic E-state index is 0. The lowest BCUT2D eigenvalue weighted by Crippen LogP contribution is -2.18. The number of carbonyl (C=O) groups is 1. The highest BCUT2D eigenvalue weighted by atomic mass is 32.2. The summed E-state index contributed by atoms with van der Waals surface area (Å²) in [6, 6.07) is -0.833. The highest BCUT2D eigenvalue weighted by Crippen LogP contribution is 1.44. The van der Waals surface area contributed by atoms with E-state index in [1.165, 1.54) is 0 Å². The number of hydrogen-bond acceptors (Lipinski definition) is 6. The minimum Gasteiger partial charge on any atom is -0.784 e. The molecule has 0 unspecified atom stereocenters. The monoisotopic (exact) mass is 275 g/mol. The van der Waals surface area contributed by atoms with Gasteiger partial charge in [0.15, 0.2) is 0 Å². The molecule has 0 aliphatic heterocycles. The Labute approximate surface area is 90.8 Å². The fourth-order valence-corrected chi connectivity index (χ4v) is 0. The molecule has 0 radical (unpaired) electrons. The third kappa shape index (κ3) is 3360. The van der Waals surface area contributed by atoms with Crippen LogP contribution in [0.3, 0.4) is 0 Å². The number of hydrogen-bond donors (Lipinski definition) is 7. The maximum Gasteiger partial charge on any atom is 0.309 e. The smallest absolute Gasteiger partial charge is 0.309 e. The SMILES string of the molecule is N.NC(N)=O.O=S(O)O.O=S([O-])[O-].[NH4+].[NH4+]. The van der Waals surface area contributed by atoms with Crippen molar-refractivity contribution in [2.45, 2.75) is 0 Å². The Kier molecular flexibility index (Phi) is 71.5. The molecule has 15 heavy (non-hydrogen) atoms. The van der Waals surface area contributed by atoms with Crippen LogP contribution in [0, 0.1) is 0 Å². The Morgan fingerprint density at radius 2 is 1.07 bits per heavy atom. The zero-order valence-electron chi connectivity index (χ0n) is 8.11. The van der Waals surface area contributed by atoms with Crippen LogP contribution in [0.25, 0.3) is 0 Å². The quantitative estimate of drug-likeness (QED) is 0.257. The summed E-state index contributed by atoms with van der Waals surface area (Å²) in [7, 11) is 0. The lowest BCUT2D eigenvalue weighted by Gasteiger charge is -2.03. The molecule has 12 nitrogen and oxygen atoms in total. The summed E-state index contributed by atoms with van der Waals surface area (Å²) in [4.78, 5) is 9.00. The first-order valence-corrected chi connectivity index (χ1v) is 3.88. The molecule has 0 saturated carbocycles. The standard InChI is InChI=1S/CH4N2O.3H3N.2H2O3S/c2-1(3)4;;;;2*1-4(2)3/h(H4,2,3,4);3*1H3;2*(H2,1,2,3). The summed E-state index contributed by atoms with van der Waals surface area (Å²) >= 11 is -5.72. The van der Waals surface area contributed by atoms with Gasteiger partial charge in [0, 0.05) is 0 Å². The number of urea groups is 1. The van der Waals surface area contributed by atoms with Crippen molar-refractivity contribution in [1.29, 1.82) is 0 Å². The lowest BCUT2D eigenvalue weighted by molar-refractivity contribution is 0.256. The summed E-state index contributed by atoms with van der Waals surface area (Å²) in [6.07, 6.45) is 0. The summed E-state index contributed by atoms with van der Waals surface area (Å²) < 4.78 is 48.2. The second kappa shape index (κ2) is 29.2. The number of nitrogens with two attached hydrogens (primary N) is 2. The van der Waals surface area contributed by atoms with Gasteiger partial charge in [0.05, 0.1) is 0 Å². The molecule has 0 atom stereocenters. The largest absolute Gasteiger partial charge is 0.784 e. The van der Waals surface area contributed by atoms with E-state index >= 15 is 0 Å². The Morgan fingerprint density at radius 1 is 1.07 bits per heavy atom. The van der Waals surface area contributed by atoms with Gasteiger partial charge in [-0.25, -0.2) is 4.79 Å². The molecule has 100 valence electrons. The third-order valence-electron chi connectivity index (χ3n) is 0. The molecule has 0 rings (SSSR count). The van der Waals surface area contributed by atoms with Crippen LogP contribution in [0.5, 0.6) is 0 Å². The Hall–Kier alpha value is -0.710. The van der Waals surface area contributed by atoms with E-state index in [2.05, 4.69) is 11.5 Å². The fourth-order valence-electron chi connectivity index (χ4n) is 0. The van der Waals surface area contributed by atoms with Gasteiger partial charge in [-0.05, 0) is 0 Å². The molecule has 0 heterocycles. The molecule has 17 N–H and O–H groups in total. The second-order valence-electron chi connectivity index (χ2n) is 0.837. The molecular formula is CH17N5O7S2. The summed E-state index contributed by atoms with van der Waals surface area (Å²) in [6.45, 7) is 0. The molecule has 0 fully saturated rings. The summed E-state index contributed by atoms with van der Waals surface area (Å²) in [5.74, 6) is 0. The first-order valence-electron chi connectivity index (χ1n) is 1.81. The van der Waals surface area contributed by atoms with Crippen molar-refractivity contribution in [3.63, 3.8) is 0 Å². The number of primary amides is 2. The van der Waals surface area contributed by atoms with Gasteiger partial charge in [-0.2, -0.15) is 4.21 Å². The van der Waals surface area contributed by atoms with Crippen LogP contribution in [0.4, 0.5) is 4.79 Å². The van der Waals surface area contributed by atoms with Crippen molar-refractivity contribution in [1.82, 2.24) is 18.5 Å². The van der Waals surface area contributed by atoms with Gasteiger partial charge in [-0.3, -0.25) is 13.3 Å². The topological polar surface area (TPSA) is 298 Å². The van der Waals surface area contributed by atoms with Crippen LogP contribution in [0.1, 0.15) is 0 Å². The average molecular weight is 275 g/mol.